The molecule has 0 saturated carbocycles. The third-order valence-corrected chi connectivity index (χ3v) is 3.69. The molecule has 1 amide bonds. The van der Waals surface area contributed by atoms with Crippen molar-refractivity contribution in [2.24, 2.45) is 0 Å². The zero-order valence-corrected chi connectivity index (χ0v) is 12.8. The van der Waals surface area contributed by atoms with Crippen LogP contribution in [0.5, 0.6) is 0 Å². The number of carbonyl (C=O) groups is 1. The number of carbonyl (C=O) groups excluding carboxylic acids is 1. The molecule has 3 nitrogen and oxygen atoms in total. The lowest BCUT2D eigenvalue weighted by atomic mass is 9.95. The molecular formula is C15H20ClF3N2O. The largest absolute Gasteiger partial charge is 0.396 e. The van der Waals surface area contributed by atoms with Crippen molar-refractivity contribution in [2.75, 3.05) is 13.1 Å². The summed E-state index contributed by atoms with van der Waals surface area (Å²) in [5.74, 6) is -2.31. The highest BCUT2D eigenvalue weighted by Crippen LogP contribution is 2.37. The van der Waals surface area contributed by atoms with E-state index < -0.39 is 24.4 Å². The average Bonchev–Trinajstić information content (AvgIpc) is 2.95. The van der Waals surface area contributed by atoms with E-state index in [4.69, 9.17) is 0 Å². The van der Waals surface area contributed by atoms with Crippen LogP contribution in [0.15, 0.2) is 30.3 Å². The number of amides is 1. The number of hydrogen-bond donors (Lipinski definition) is 2. The van der Waals surface area contributed by atoms with Crippen LogP contribution in [-0.2, 0) is 4.79 Å². The molecule has 1 fully saturated rings. The van der Waals surface area contributed by atoms with Gasteiger partial charge < -0.3 is 10.6 Å². The molecule has 1 aliphatic heterocycles. The topological polar surface area (TPSA) is 41.1 Å². The molecule has 0 radical (unpaired) electrons. The van der Waals surface area contributed by atoms with Gasteiger partial charge in [-0.1, -0.05) is 30.3 Å². The van der Waals surface area contributed by atoms with E-state index in [0.29, 0.717) is 6.54 Å². The average molecular weight is 337 g/mol. The molecule has 2 unspecified atom stereocenters. The van der Waals surface area contributed by atoms with E-state index in [2.05, 4.69) is 10.6 Å². The highest BCUT2D eigenvalue weighted by Gasteiger charge is 2.41. The van der Waals surface area contributed by atoms with Crippen LogP contribution in [0.4, 0.5) is 13.2 Å². The summed E-state index contributed by atoms with van der Waals surface area (Å²) in [6.07, 6.45) is -3.01. The number of alkyl halides is 3. The summed E-state index contributed by atoms with van der Waals surface area (Å²) in [5.41, 5.74) is 0.124. The van der Waals surface area contributed by atoms with Gasteiger partial charge in [0.05, 0.1) is 5.92 Å². The van der Waals surface area contributed by atoms with Crippen LogP contribution in [-0.4, -0.2) is 31.2 Å². The Bertz CT molecular complexity index is 462. The van der Waals surface area contributed by atoms with Gasteiger partial charge in [-0.25, -0.2) is 0 Å². The fraction of sp³-hybridized carbons (Fsp3) is 0.533. The van der Waals surface area contributed by atoms with E-state index in [1.54, 1.807) is 18.2 Å². The van der Waals surface area contributed by atoms with Crippen LogP contribution in [0.2, 0.25) is 0 Å². The normalized spacial score (nSPS) is 19.3. The van der Waals surface area contributed by atoms with Crippen LogP contribution < -0.4 is 10.6 Å². The van der Waals surface area contributed by atoms with Crippen LogP contribution in [0.25, 0.3) is 0 Å². The Morgan fingerprint density at radius 1 is 1.32 bits per heavy atom. The standard InChI is InChI=1S/C15H19F3N2O.ClH/c16-15(17,18)13(11-5-2-1-3-6-11)9-14(21)20-10-12-7-4-8-19-12;/h1-3,5-6,12-13,19H,4,7-10H2,(H,20,21);1H. The Morgan fingerprint density at radius 2 is 2.00 bits per heavy atom. The summed E-state index contributed by atoms with van der Waals surface area (Å²) in [6, 6.07) is 7.74. The summed E-state index contributed by atoms with van der Waals surface area (Å²) in [5, 5.41) is 5.79. The Hall–Kier alpha value is -1.27. The fourth-order valence-electron chi connectivity index (χ4n) is 2.53. The second-order valence-corrected chi connectivity index (χ2v) is 5.31. The molecule has 1 saturated heterocycles. The van der Waals surface area contributed by atoms with Gasteiger partial charge >= 0.3 is 6.18 Å². The monoisotopic (exact) mass is 336 g/mol. The zero-order chi connectivity index (χ0) is 15.3. The summed E-state index contributed by atoms with van der Waals surface area (Å²) in [6.45, 7) is 1.29. The van der Waals surface area contributed by atoms with Gasteiger partial charge in [0.25, 0.3) is 0 Å². The predicted molar refractivity (Wildman–Crippen MR) is 81.1 cm³/mol. The quantitative estimate of drug-likeness (QED) is 0.868. The van der Waals surface area contributed by atoms with Crippen LogP contribution in [0.3, 0.4) is 0 Å². The van der Waals surface area contributed by atoms with E-state index in [0.717, 1.165) is 19.4 Å². The number of hydrogen-bond acceptors (Lipinski definition) is 2. The third kappa shape index (κ3) is 5.50. The first-order chi connectivity index (χ1) is 9.97. The second-order valence-electron chi connectivity index (χ2n) is 5.31. The summed E-state index contributed by atoms with van der Waals surface area (Å²) >= 11 is 0. The Labute approximate surface area is 134 Å². The molecule has 0 bridgehead atoms. The van der Waals surface area contributed by atoms with Gasteiger partial charge in [0.2, 0.25) is 5.91 Å². The molecule has 22 heavy (non-hydrogen) atoms. The van der Waals surface area contributed by atoms with Gasteiger partial charge in [-0.2, -0.15) is 13.2 Å². The maximum Gasteiger partial charge on any atom is 0.396 e. The first-order valence-corrected chi connectivity index (χ1v) is 7.08. The summed E-state index contributed by atoms with van der Waals surface area (Å²) in [7, 11) is 0. The predicted octanol–water partition coefficient (Wildman–Crippen LogP) is 3.01. The van der Waals surface area contributed by atoms with Crippen molar-refractivity contribution in [1.82, 2.24) is 10.6 Å². The zero-order valence-electron chi connectivity index (χ0n) is 12.0. The molecule has 124 valence electrons. The number of benzene rings is 1. The molecule has 2 rings (SSSR count). The van der Waals surface area contributed by atoms with E-state index in [-0.39, 0.29) is 24.0 Å². The van der Waals surface area contributed by atoms with E-state index >= 15 is 0 Å². The summed E-state index contributed by atoms with van der Waals surface area (Å²) < 4.78 is 39.3. The lowest BCUT2D eigenvalue weighted by Gasteiger charge is -2.21. The SMILES string of the molecule is Cl.O=C(CC(c1ccccc1)C(F)(F)F)NCC1CCCN1. The lowest BCUT2D eigenvalue weighted by Crippen LogP contribution is -2.38. The van der Waals surface area contributed by atoms with Crippen molar-refractivity contribution in [3.05, 3.63) is 35.9 Å². The van der Waals surface area contributed by atoms with Crippen molar-refractivity contribution >= 4 is 18.3 Å². The lowest BCUT2D eigenvalue weighted by molar-refractivity contribution is -0.157. The van der Waals surface area contributed by atoms with Gasteiger partial charge in [0.1, 0.15) is 0 Å². The van der Waals surface area contributed by atoms with Gasteiger partial charge in [-0.05, 0) is 24.9 Å². The van der Waals surface area contributed by atoms with Crippen molar-refractivity contribution in [2.45, 2.75) is 37.4 Å². The van der Waals surface area contributed by atoms with Crippen LogP contribution in [0.1, 0.15) is 30.7 Å². The van der Waals surface area contributed by atoms with Gasteiger partial charge in [-0.15, -0.1) is 12.4 Å². The molecule has 2 N–H and O–H groups in total. The molecule has 7 heteroatoms. The van der Waals surface area contributed by atoms with Crippen LogP contribution >= 0.6 is 12.4 Å². The van der Waals surface area contributed by atoms with Crippen molar-refractivity contribution in [3.63, 3.8) is 0 Å². The first kappa shape index (κ1) is 18.8. The molecule has 2 atom stereocenters. The van der Waals surface area contributed by atoms with Gasteiger partial charge in [0, 0.05) is 19.0 Å². The summed E-state index contributed by atoms with van der Waals surface area (Å²) in [4.78, 5) is 11.8. The van der Waals surface area contributed by atoms with Gasteiger partial charge in [0.15, 0.2) is 0 Å². The van der Waals surface area contributed by atoms with Crippen LogP contribution in [0, 0.1) is 0 Å². The first-order valence-electron chi connectivity index (χ1n) is 7.08. The highest BCUT2D eigenvalue weighted by molar-refractivity contribution is 5.85. The minimum Gasteiger partial charge on any atom is -0.355 e. The Kier molecular flexibility index (Phi) is 7.16. The Morgan fingerprint density at radius 3 is 2.55 bits per heavy atom. The molecule has 1 aliphatic rings. The number of rotatable bonds is 5. The Balaban J connectivity index is 0.00000242. The number of nitrogens with one attached hydrogen (secondary N) is 2. The van der Waals surface area contributed by atoms with Gasteiger partial charge in [-0.3, -0.25) is 4.79 Å². The molecule has 1 heterocycles. The third-order valence-electron chi connectivity index (χ3n) is 3.69. The second kappa shape index (κ2) is 8.39. The molecule has 0 aromatic heterocycles. The molecule has 1 aromatic carbocycles. The maximum atomic E-state index is 13.1. The number of halogens is 4. The minimum absolute atomic E-state index is 0. The highest BCUT2D eigenvalue weighted by atomic mass is 35.5. The minimum atomic E-state index is -4.43. The van der Waals surface area contributed by atoms with Crippen molar-refractivity contribution in [3.8, 4) is 0 Å². The van der Waals surface area contributed by atoms with Crippen molar-refractivity contribution < 1.29 is 18.0 Å². The fourth-order valence-corrected chi connectivity index (χ4v) is 2.53. The van der Waals surface area contributed by atoms with Crippen molar-refractivity contribution in [1.29, 1.82) is 0 Å². The molecule has 0 aliphatic carbocycles. The molecule has 1 aromatic rings. The van der Waals surface area contributed by atoms with E-state index in [9.17, 15) is 18.0 Å². The smallest absolute Gasteiger partial charge is 0.355 e. The molecular weight excluding hydrogens is 317 g/mol. The maximum absolute atomic E-state index is 13.1. The van der Waals surface area contributed by atoms with E-state index in [1.165, 1.54) is 12.1 Å². The molecule has 0 spiro atoms. The van der Waals surface area contributed by atoms with E-state index in [1.807, 2.05) is 0 Å².